The first-order chi connectivity index (χ1) is 10.4. The number of carbonyl (C=O) groups is 2. The molecular formula is C11H21B3N2O4S2. The van der Waals surface area contributed by atoms with E-state index in [1.54, 1.807) is 4.90 Å². The summed E-state index contributed by atoms with van der Waals surface area (Å²) in [5.41, 5.74) is 0. The van der Waals surface area contributed by atoms with Crippen LogP contribution >= 0.6 is 23.5 Å². The monoisotopic (exact) mass is 342 g/mol. The lowest BCUT2D eigenvalue weighted by Gasteiger charge is -2.25. The number of thioether (sulfide) groups is 2. The van der Waals surface area contributed by atoms with Crippen LogP contribution in [0.5, 0.6) is 0 Å². The van der Waals surface area contributed by atoms with Gasteiger partial charge in [-0.1, -0.05) is 0 Å². The summed E-state index contributed by atoms with van der Waals surface area (Å²) in [6.07, 6.45) is 0. The third kappa shape index (κ3) is 14.7. The number of carbonyl (C=O) groups excluding carboxylic acids is 2. The van der Waals surface area contributed by atoms with Crippen molar-refractivity contribution < 1.29 is 19.3 Å². The fourth-order valence-electron chi connectivity index (χ4n) is 1.47. The Labute approximate surface area is 143 Å². The van der Waals surface area contributed by atoms with Gasteiger partial charge >= 0.3 is 7.12 Å². The first kappa shape index (κ1) is 21.8. The maximum atomic E-state index is 10.5. The van der Waals surface area contributed by atoms with E-state index in [2.05, 4.69) is 17.8 Å². The minimum atomic E-state index is -1.10. The Morgan fingerprint density at radius 2 is 1.64 bits per heavy atom. The molecule has 2 aliphatic rings. The molecule has 2 N–H and O–H groups in total. The van der Waals surface area contributed by atoms with Crippen LogP contribution in [0.1, 0.15) is 0 Å². The lowest BCUT2D eigenvalue weighted by atomic mass is 9.95. The van der Waals surface area contributed by atoms with Crippen molar-refractivity contribution in [3.8, 4) is 0 Å². The number of amides is 1. The van der Waals surface area contributed by atoms with Crippen LogP contribution in [-0.4, -0.2) is 93.6 Å². The van der Waals surface area contributed by atoms with Crippen molar-refractivity contribution in [2.45, 2.75) is 6.82 Å². The van der Waals surface area contributed by atoms with Gasteiger partial charge in [0.2, 0.25) is 21.6 Å². The van der Waals surface area contributed by atoms with Crippen molar-refractivity contribution in [2.75, 3.05) is 49.2 Å². The molecule has 6 nitrogen and oxygen atoms in total. The van der Waals surface area contributed by atoms with Crippen molar-refractivity contribution in [1.82, 2.24) is 10.2 Å². The highest BCUT2D eigenvalue weighted by Gasteiger charge is 2.10. The second-order valence-corrected chi connectivity index (χ2v) is 6.79. The van der Waals surface area contributed by atoms with Gasteiger partial charge in [0.25, 0.3) is 0 Å². The molecule has 2 saturated heterocycles. The van der Waals surface area contributed by atoms with Gasteiger partial charge in [0, 0.05) is 49.2 Å². The number of nitrogens with zero attached hydrogens (tertiary/aromatic N) is 1. The van der Waals surface area contributed by atoms with E-state index in [4.69, 9.17) is 12.9 Å². The van der Waals surface area contributed by atoms with Crippen LogP contribution in [0.25, 0.3) is 0 Å². The van der Waals surface area contributed by atoms with Gasteiger partial charge < -0.3 is 19.9 Å². The quantitative estimate of drug-likeness (QED) is 0.652. The molecule has 0 saturated carbocycles. The summed E-state index contributed by atoms with van der Waals surface area (Å²) in [4.78, 5) is 21.8. The second-order valence-electron chi connectivity index (χ2n) is 4.34. The van der Waals surface area contributed by atoms with E-state index in [0.717, 1.165) is 24.6 Å². The van der Waals surface area contributed by atoms with Crippen LogP contribution in [0.3, 0.4) is 0 Å². The Morgan fingerprint density at radius 1 is 1.14 bits per heavy atom. The minimum absolute atomic E-state index is 0.282. The van der Waals surface area contributed by atoms with Crippen molar-refractivity contribution in [1.29, 1.82) is 0 Å². The molecule has 0 bridgehead atoms. The summed E-state index contributed by atoms with van der Waals surface area (Å²) >= 11 is 3.90. The van der Waals surface area contributed by atoms with E-state index in [-0.39, 0.29) is 5.81 Å². The summed E-state index contributed by atoms with van der Waals surface area (Å²) in [5, 5.41) is 11.5. The maximum absolute atomic E-state index is 10.5. The van der Waals surface area contributed by atoms with Crippen LogP contribution in [0.2, 0.25) is 6.82 Å². The van der Waals surface area contributed by atoms with Gasteiger partial charge in [0.15, 0.2) is 5.81 Å². The highest BCUT2D eigenvalue weighted by Crippen LogP contribution is 2.08. The SMILES string of the molecule is C1CSCCN1.[B]C(=O)N1CCSCC1.[B]C(=O)OB(C)O. The van der Waals surface area contributed by atoms with Crippen molar-refractivity contribution in [3.63, 3.8) is 0 Å². The molecule has 22 heavy (non-hydrogen) atoms. The van der Waals surface area contributed by atoms with E-state index in [0.29, 0.717) is 0 Å². The van der Waals surface area contributed by atoms with E-state index in [1.165, 1.54) is 31.4 Å². The summed E-state index contributed by atoms with van der Waals surface area (Å²) in [6.45, 7) is 5.36. The third-order valence-corrected chi connectivity index (χ3v) is 4.38. The lowest BCUT2D eigenvalue weighted by molar-refractivity contribution is 0.217. The molecule has 0 spiro atoms. The molecule has 4 radical (unpaired) electrons. The summed E-state index contributed by atoms with van der Waals surface area (Å²) in [6, 6.07) is 0. The first-order valence-electron chi connectivity index (χ1n) is 6.98. The van der Waals surface area contributed by atoms with Gasteiger partial charge in [-0.15, -0.1) is 0 Å². The van der Waals surface area contributed by atoms with Crippen LogP contribution in [0, 0.1) is 0 Å². The molecule has 120 valence electrons. The Hall–Kier alpha value is -0.245. The zero-order valence-electron chi connectivity index (χ0n) is 12.8. The predicted octanol–water partition coefficient (Wildman–Crippen LogP) is 0.0483. The van der Waals surface area contributed by atoms with E-state index >= 15 is 0 Å². The largest absolute Gasteiger partial charge is 0.520 e. The van der Waals surface area contributed by atoms with Crippen molar-refractivity contribution >= 4 is 58.0 Å². The third-order valence-electron chi connectivity index (χ3n) is 2.46. The second kappa shape index (κ2) is 14.4. The molecule has 0 aromatic carbocycles. The molecule has 11 heteroatoms. The average molecular weight is 342 g/mol. The molecular weight excluding hydrogens is 321 g/mol. The van der Waals surface area contributed by atoms with Crippen LogP contribution in [-0.2, 0) is 4.65 Å². The molecule has 1 amide bonds. The Kier molecular flexibility index (Phi) is 14.2. The van der Waals surface area contributed by atoms with Gasteiger partial charge in [0.1, 0.15) is 0 Å². The van der Waals surface area contributed by atoms with Gasteiger partial charge in [-0.05, 0) is 6.82 Å². The highest BCUT2D eigenvalue weighted by molar-refractivity contribution is 7.99. The molecule has 0 unspecified atom stereocenters. The van der Waals surface area contributed by atoms with Gasteiger partial charge in [0.05, 0.1) is 0 Å². The predicted molar refractivity (Wildman–Crippen MR) is 96.3 cm³/mol. The van der Waals surface area contributed by atoms with Gasteiger partial charge in [-0.3, -0.25) is 9.59 Å². The molecule has 2 fully saturated rings. The molecule has 0 aromatic rings. The van der Waals surface area contributed by atoms with Crippen molar-refractivity contribution in [2.24, 2.45) is 0 Å². The molecule has 0 atom stereocenters. The minimum Gasteiger partial charge on any atom is -0.519 e. The van der Waals surface area contributed by atoms with E-state index < -0.39 is 13.0 Å². The topological polar surface area (TPSA) is 78.9 Å². The molecule has 2 heterocycles. The fraction of sp³-hybridized carbons (Fsp3) is 0.818. The summed E-state index contributed by atoms with van der Waals surface area (Å²) < 4.78 is 3.94. The van der Waals surface area contributed by atoms with E-state index in [9.17, 15) is 9.59 Å². The van der Waals surface area contributed by atoms with Crippen LogP contribution in [0.15, 0.2) is 0 Å². The number of hydrogen-bond acceptors (Lipinski definition) is 7. The van der Waals surface area contributed by atoms with Gasteiger partial charge in [-0.25, -0.2) is 0 Å². The van der Waals surface area contributed by atoms with Crippen LogP contribution < -0.4 is 5.32 Å². The lowest BCUT2D eigenvalue weighted by Crippen LogP contribution is -2.36. The smallest absolute Gasteiger partial charge is 0.519 e. The molecule has 2 aliphatic heterocycles. The average Bonchev–Trinajstić information content (AvgIpc) is 2.50. The Bertz CT molecular complexity index is 306. The van der Waals surface area contributed by atoms with Gasteiger partial charge in [-0.2, -0.15) is 23.5 Å². The first-order valence-corrected chi connectivity index (χ1v) is 9.29. The van der Waals surface area contributed by atoms with E-state index in [1.807, 2.05) is 23.5 Å². The Morgan fingerprint density at radius 3 is 1.82 bits per heavy atom. The standard InChI is InChI=1S/C5H8BNOS.C4H9NS.C2H4B2O3/c6-5(8)7-1-3-9-4-2-7;1-3-6-4-2-5-1;1-4(6)7-2(3)5/h1-4H2;5H,1-4H2;6H,1H3. The number of hydrogen-bond donors (Lipinski definition) is 2. The molecule has 2 rings (SSSR count). The fourth-order valence-corrected chi connectivity index (χ4v) is 3.15. The summed E-state index contributed by atoms with van der Waals surface area (Å²) in [5.74, 6) is 3.43. The zero-order chi connectivity index (χ0) is 16.8. The Balaban J connectivity index is 0.000000308. The maximum Gasteiger partial charge on any atom is 0.520 e. The molecule has 0 aliphatic carbocycles. The van der Waals surface area contributed by atoms with Crippen LogP contribution in [0.4, 0.5) is 9.59 Å². The summed E-state index contributed by atoms with van der Waals surface area (Å²) in [7, 11) is 8.42. The normalized spacial score (nSPS) is 17.1. The highest BCUT2D eigenvalue weighted by atomic mass is 32.2. The molecule has 0 aromatic heterocycles. The number of nitrogens with one attached hydrogen (secondary N) is 1. The zero-order valence-corrected chi connectivity index (χ0v) is 14.5. The number of rotatable bonds is 1. The van der Waals surface area contributed by atoms with Crippen molar-refractivity contribution in [3.05, 3.63) is 0 Å².